The Kier molecular flexibility index (Phi) is 5.55. The average molecular weight is 343 g/mol. The molecule has 0 aromatic heterocycles. The third-order valence-electron chi connectivity index (χ3n) is 5.73. The number of nitrogens with one attached hydrogen (secondary N) is 1. The van der Waals surface area contributed by atoms with Crippen LogP contribution in [0.5, 0.6) is 0 Å². The molecule has 2 saturated heterocycles. The van der Waals surface area contributed by atoms with E-state index in [0.29, 0.717) is 13.1 Å². The predicted octanol–water partition coefficient (Wildman–Crippen LogP) is 0.774. The number of carbonyl (C=O) groups excluding carboxylic acids is 2. The first kappa shape index (κ1) is 17.7. The van der Waals surface area contributed by atoms with Crippen molar-refractivity contribution in [2.75, 3.05) is 19.6 Å². The monoisotopic (exact) mass is 343 g/mol. The molecule has 0 bridgehead atoms. The lowest BCUT2D eigenvalue weighted by molar-refractivity contribution is -0.135. The van der Waals surface area contributed by atoms with Crippen molar-refractivity contribution in [3.05, 3.63) is 0 Å². The van der Waals surface area contributed by atoms with E-state index in [-0.39, 0.29) is 42.4 Å². The highest BCUT2D eigenvalue weighted by Crippen LogP contribution is 2.30. The van der Waals surface area contributed by atoms with Crippen LogP contribution in [0.15, 0.2) is 0 Å². The summed E-state index contributed by atoms with van der Waals surface area (Å²) in [6.45, 7) is 1.58. The third kappa shape index (κ3) is 3.77. The second-order valence-corrected chi connectivity index (χ2v) is 7.28. The summed E-state index contributed by atoms with van der Waals surface area (Å²) in [7, 11) is 0. The fourth-order valence-corrected chi connectivity index (χ4v) is 4.32. The fraction of sp³-hybridized carbons (Fsp3) is 0.778. The summed E-state index contributed by atoms with van der Waals surface area (Å²) >= 11 is 0. The number of amides is 2. The van der Waals surface area contributed by atoms with Crippen molar-refractivity contribution in [2.45, 2.75) is 63.1 Å². The van der Waals surface area contributed by atoms with Crippen LogP contribution in [0.4, 0.5) is 0 Å². The lowest BCUT2D eigenvalue weighted by Crippen LogP contribution is -2.43. The van der Waals surface area contributed by atoms with Crippen LogP contribution in [0.3, 0.4) is 0 Å². The summed E-state index contributed by atoms with van der Waals surface area (Å²) in [5.74, 6) is 0.0341. The van der Waals surface area contributed by atoms with Crippen LogP contribution in [0.2, 0.25) is 0 Å². The van der Waals surface area contributed by atoms with E-state index in [4.69, 9.17) is 10.5 Å². The lowest BCUT2D eigenvalue weighted by Gasteiger charge is -2.23. The molecule has 0 aromatic rings. The van der Waals surface area contributed by atoms with Crippen molar-refractivity contribution in [1.29, 1.82) is 10.5 Å². The molecule has 1 saturated carbocycles. The van der Waals surface area contributed by atoms with Gasteiger partial charge in [-0.25, -0.2) is 0 Å². The Labute approximate surface area is 148 Å². The Balaban J connectivity index is 1.45. The summed E-state index contributed by atoms with van der Waals surface area (Å²) in [5, 5.41) is 21.5. The molecular weight excluding hydrogens is 318 g/mol. The molecule has 0 radical (unpaired) electrons. The van der Waals surface area contributed by atoms with E-state index in [1.54, 1.807) is 9.80 Å². The topological polar surface area (TPSA) is 100 Å². The minimum atomic E-state index is -0.287. The fourth-order valence-electron chi connectivity index (χ4n) is 4.32. The molecule has 3 aliphatic rings. The van der Waals surface area contributed by atoms with Crippen LogP contribution in [0.1, 0.15) is 44.9 Å². The number of rotatable bonds is 4. The maximum atomic E-state index is 12.6. The quantitative estimate of drug-likeness (QED) is 0.813. The van der Waals surface area contributed by atoms with Crippen molar-refractivity contribution in [2.24, 2.45) is 5.92 Å². The molecule has 0 aromatic carbocycles. The zero-order chi connectivity index (χ0) is 17.8. The van der Waals surface area contributed by atoms with Crippen molar-refractivity contribution < 1.29 is 9.59 Å². The van der Waals surface area contributed by atoms with Gasteiger partial charge in [0.25, 0.3) is 0 Å². The van der Waals surface area contributed by atoms with Crippen molar-refractivity contribution in [3.8, 4) is 12.1 Å². The Morgan fingerprint density at radius 2 is 1.60 bits per heavy atom. The zero-order valence-electron chi connectivity index (χ0n) is 14.5. The number of likely N-dealkylation sites (tertiary alicyclic amines) is 2. The molecule has 1 N–H and O–H groups in total. The molecule has 25 heavy (non-hydrogen) atoms. The summed E-state index contributed by atoms with van der Waals surface area (Å²) in [4.78, 5) is 28.3. The SMILES string of the molecule is N#C[C@@H]1CCCN1C(=O)CNC1CCC(C(=O)N2CCC[C@H]2C#N)C1. The van der Waals surface area contributed by atoms with Gasteiger partial charge in [-0.3, -0.25) is 9.59 Å². The van der Waals surface area contributed by atoms with Crippen LogP contribution in [0, 0.1) is 28.6 Å². The third-order valence-corrected chi connectivity index (χ3v) is 5.73. The summed E-state index contributed by atoms with van der Waals surface area (Å²) < 4.78 is 0. The maximum Gasteiger partial charge on any atom is 0.237 e. The molecule has 2 aliphatic heterocycles. The van der Waals surface area contributed by atoms with E-state index in [1.165, 1.54) is 0 Å². The molecular formula is C18H25N5O2. The van der Waals surface area contributed by atoms with Crippen molar-refractivity contribution in [3.63, 3.8) is 0 Å². The van der Waals surface area contributed by atoms with Gasteiger partial charge in [0.1, 0.15) is 12.1 Å². The van der Waals surface area contributed by atoms with Gasteiger partial charge in [-0.2, -0.15) is 10.5 Å². The van der Waals surface area contributed by atoms with Crippen molar-refractivity contribution in [1.82, 2.24) is 15.1 Å². The van der Waals surface area contributed by atoms with Gasteiger partial charge in [0.05, 0.1) is 18.7 Å². The van der Waals surface area contributed by atoms with Crippen LogP contribution in [-0.4, -0.2) is 59.4 Å². The smallest absolute Gasteiger partial charge is 0.237 e. The maximum absolute atomic E-state index is 12.6. The molecule has 3 fully saturated rings. The molecule has 2 unspecified atom stereocenters. The van der Waals surface area contributed by atoms with Gasteiger partial charge in [0, 0.05) is 25.0 Å². The number of nitrogens with zero attached hydrogens (tertiary/aromatic N) is 4. The molecule has 134 valence electrons. The van der Waals surface area contributed by atoms with Crippen LogP contribution >= 0.6 is 0 Å². The summed E-state index contributed by atoms with van der Waals surface area (Å²) in [6, 6.07) is 4.02. The molecule has 2 amide bonds. The van der Waals surface area contributed by atoms with Gasteiger partial charge in [0.15, 0.2) is 0 Å². The Morgan fingerprint density at radius 1 is 0.960 bits per heavy atom. The van der Waals surface area contributed by atoms with Gasteiger partial charge in [0.2, 0.25) is 11.8 Å². The molecule has 7 heteroatoms. The molecule has 4 atom stereocenters. The predicted molar refractivity (Wildman–Crippen MR) is 89.8 cm³/mol. The van der Waals surface area contributed by atoms with Gasteiger partial charge in [-0.05, 0) is 44.9 Å². The first-order chi connectivity index (χ1) is 12.1. The second kappa shape index (κ2) is 7.84. The first-order valence-electron chi connectivity index (χ1n) is 9.26. The first-order valence-corrected chi connectivity index (χ1v) is 9.26. The minimum Gasteiger partial charge on any atom is -0.326 e. The highest BCUT2D eigenvalue weighted by Gasteiger charge is 2.37. The van der Waals surface area contributed by atoms with E-state index in [2.05, 4.69) is 17.5 Å². The Morgan fingerprint density at radius 3 is 2.28 bits per heavy atom. The van der Waals surface area contributed by atoms with Gasteiger partial charge < -0.3 is 15.1 Å². The normalized spacial score (nSPS) is 31.8. The van der Waals surface area contributed by atoms with Crippen LogP contribution in [0.25, 0.3) is 0 Å². The highest BCUT2D eigenvalue weighted by molar-refractivity contribution is 5.80. The summed E-state index contributed by atoms with van der Waals surface area (Å²) in [6.07, 6.45) is 5.74. The molecule has 3 rings (SSSR count). The number of hydrogen-bond donors (Lipinski definition) is 1. The lowest BCUT2D eigenvalue weighted by atomic mass is 10.1. The van der Waals surface area contributed by atoms with Crippen LogP contribution < -0.4 is 5.32 Å². The Bertz CT molecular complexity index is 608. The van der Waals surface area contributed by atoms with Gasteiger partial charge in [-0.15, -0.1) is 0 Å². The van der Waals surface area contributed by atoms with E-state index in [9.17, 15) is 9.59 Å². The number of nitriles is 2. The minimum absolute atomic E-state index is 0.0251. The van der Waals surface area contributed by atoms with E-state index < -0.39 is 0 Å². The van der Waals surface area contributed by atoms with Crippen molar-refractivity contribution >= 4 is 11.8 Å². The van der Waals surface area contributed by atoms with E-state index in [1.807, 2.05) is 0 Å². The highest BCUT2D eigenvalue weighted by atomic mass is 16.2. The molecule has 1 aliphatic carbocycles. The van der Waals surface area contributed by atoms with E-state index in [0.717, 1.165) is 44.9 Å². The Hall–Kier alpha value is -2.12. The van der Waals surface area contributed by atoms with Crippen LogP contribution in [-0.2, 0) is 9.59 Å². The zero-order valence-corrected chi connectivity index (χ0v) is 14.5. The number of carbonyl (C=O) groups is 2. The number of hydrogen-bond acceptors (Lipinski definition) is 5. The molecule has 0 spiro atoms. The molecule has 7 nitrogen and oxygen atoms in total. The van der Waals surface area contributed by atoms with E-state index >= 15 is 0 Å². The van der Waals surface area contributed by atoms with Gasteiger partial charge >= 0.3 is 0 Å². The molecule has 2 heterocycles. The average Bonchev–Trinajstić information content (AvgIpc) is 3.38. The second-order valence-electron chi connectivity index (χ2n) is 7.28. The standard InChI is InChI=1S/C18H25N5O2/c19-10-15-3-1-7-22(15)17(24)12-21-14-6-5-13(9-14)18(25)23-8-2-4-16(23)11-20/h13-16,21H,1-9,12H2/t13?,14?,15-,16-/m0/s1. The van der Waals surface area contributed by atoms with Gasteiger partial charge in [-0.1, -0.05) is 0 Å². The largest absolute Gasteiger partial charge is 0.326 e. The summed E-state index contributed by atoms with van der Waals surface area (Å²) in [5.41, 5.74) is 0.